The number of benzene rings is 2. The van der Waals surface area contributed by atoms with Crippen LogP contribution in [0.15, 0.2) is 36.4 Å². The molecule has 2 aromatic carbocycles. The minimum absolute atomic E-state index is 0.357. The van der Waals surface area contributed by atoms with E-state index in [1.807, 2.05) is 32.9 Å². The fourth-order valence-electron chi connectivity index (χ4n) is 2.79. The summed E-state index contributed by atoms with van der Waals surface area (Å²) in [5, 5.41) is 2.86. The molecule has 1 atom stereocenters. The van der Waals surface area contributed by atoms with Crippen LogP contribution < -0.4 is 5.32 Å². The van der Waals surface area contributed by atoms with E-state index in [0.717, 1.165) is 27.9 Å². The number of ether oxygens (including phenoxy) is 2. The second-order valence-corrected chi connectivity index (χ2v) is 6.44. The van der Waals surface area contributed by atoms with Gasteiger partial charge in [0.25, 0.3) is 5.91 Å². The molecular weight excluding hydrogens is 330 g/mol. The highest BCUT2D eigenvalue weighted by molar-refractivity contribution is 5.98. The summed E-state index contributed by atoms with van der Waals surface area (Å²) in [6.07, 6.45) is -0.902. The number of methoxy groups -OCH3 is 1. The molecule has 0 bridgehead atoms. The SMILES string of the molecule is COCc1ccc(C(=O)O[C@H](C)C(=O)Nc2c(C)cc(C)cc2C)cc1. The molecule has 138 valence electrons. The Morgan fingerprint density at radius 3 is 2.15 bits per heavy atom. The molecule has 0 heterocycles. The average molecular weight is 355 g/mol. The Balaban J connectivity index is 2.01. The maximum atomic E-state index is 12.4. The van der Waals surface area contributed by atoms with Gasteiger partial charge < -0.3 is 14.8 Å². The van der Waals surface area contributed by atoms with Gasteiger partial charge in [-0.3, -0.25) is 4.79 Å². The van der Waals surface area contributed by atoms with E-state index in [1.54, 1.807) is 38.3 Å². The van der Waals surface area contributed by atoms with Crippen LogP contribution in [0.4, 0.5) is 5.69 Å². The van der Waals surface area contributed by atoms with Gasteiger partial charge in [0.2, 0.25) is 0 Å². The fraction of sp³-hybridized carbons (Fsp3) is 0.333. The number of esters is 1. The highest BCUT2D eigenvalue weighted by Crippen LogP contribution is 2.22. The van der Waals surface area contributed by atoms with E-state index in [-0.39, 0.29) is 5.91 Å². The van der Waals surface area contributed by atoms with Crippen molar-refractivity contribution >= 4 is 17.6 Å². The van der Waals surface area contributed by atoms with Gasteiger partial charge in [-0.25, -0.2) is 4.79 Å². The van der Waals surface area contributed by atoms with Crippen LogP contribution in [0, 0.1) is 20.8 Å². The number of hydrogen-bond acceptors (Lipinski definition) is 4. The maximum absolute atomic E-state index is 12.4. The number of amides is 1. The molecule has 0 aliphatic rings. The molecule has 2 rings (SSSR count). The third-order valence-corrected chi connectivity index (χ3v) is 4.08. The molecule has 0 fully saturated rings. The van der Waals surface area contributed by atoms with Crippen LogP contribution in [-0.4, -0.2) is 25.1 Å². The first-order valence-corrected chi connectivity index (χ1v) is 8.49. The normalized spacial score (nSPS) is 11.7. The molecule has 0 radical (unpaired) electrons. The van der Waals surface area contributed by atoms with Crippen LogP contribution in [0.25, 0.3) is 0 Å². The topological polar surface area (TPSA) is 64.6 Å². The molecule has 5 nitrogen and oxygen atoms in total. The molecule has 0 aromatic heterocycles. The number of rotatable bonds is 6. The van der Waals surface area contributed by atoms with E-state index < -0.39 is 12.1 Å². The van der Waals surface area contributed by atoms with Crippen LogP contribution in [0.2, 0.25) is 0 Å². The largest absolute Gasteiger partial charge is 0.449 e. The van der Waals surface area contributed by atoms with Crippen molar-refractivity contribution in [3.05, 3.63) is 64.2 Å². The van der Waals surface area contributed by atoms with Crippen LogP contribution in [0.5, 0.6) is 0 Å². The van der Waals surface area contributed by atoms with E-state index in [9.17, 15) is 9.59 Å². The van der Waals surface area contributed by atoms with Crippen molar-refractivity contribution in [1.82, 2.24) is 0 Å². The maximum Gasteiger partial charge on any atom is 0.338 e. The first kappa shape index (κ1) is 19.7. The number of carbonyl (C=O) groups excluding carboxylic acids is 2. The van der Waals surface area contributed by atoms with Crippen LogP contribution in [0.1, 0.15) is 39.5 Å². The summed E-state index contributed by atoms with van der Waals surface area (Å²) in [5.74, 6) is -0.890. The quantitative estimate of drug-likeness (QED) is 0.797. The van der Waals surface area contributed by atoms with E-state index in [0.29, 0.717) is 12.2 Å². The second kappa shape index (κ2) is 8.63. The van der Waals surface area contributed by atoms with E-state index >= 15 is 0 Å². The second-order valence-electron chi connectivity index (χ2n) is 6.44. The van der Waals surface area contributed by atoms with Crippen molar-refractivity contribution in [3.63, 3.8) is 0 Å². The Bertz CT molecular complexity index is 773. The first-order valence-electron chi connectivity index (χ1n) is 8.49. The van der Waals surface area contributed by atoms with E-state index in [2.05, 4.69) is 5.32 Å². The average Bonchev–Trinajstić information content (AvgIpc) is 2.58. The molecular formula is C21H25NO4. The Labute approximate surface area is 154 Å². The van der Waals surface area contributed by atoms with Crippen molar-refractivity contribution in [2.45, 2.75) is 40.4 Å². The minimum Gasteiger partial charge on any atom is -0.449 e. The Kier molecular flexibility index (Phi) is 6.52. The summed E-state index contributed by atoms with van der Waals surface area (Å²) in [7, 11) is 1.61. The predicted molar refractivity (Wildman–Crippen MR) is 101 cm³/mol. The summed E-state index contributed by atoms with van der Waals surface area (Å²) in [4.78, 5) is 24.6. The lowest BCUT2D eigenvalue weighted by Crippen LogP contribution is -2.30. The van der Waals surface area contributed by atoms with E-state index in [1.165, 1.54) is 0 Å². The summed E-state index contributed by atoms with van der Waals surface area (Å²) in [6.45, 7) is 7.92. The summed E-state index contributed by atoms with van der Waals surface area (Å²) >= 11 is 0. The molecule has 0 saturated heterocycles. The molecule has 0 aliphatic carbocycles. The highest BCUT2D eigenvalue weighted by Gasteiger charge is 2.20. The lowest BCUT2D eigenvalue weighted by atomic mass is 10.0. The lowest BCUT2D eigenvalue weighted by molar-refractivity contribution is -0.123. The monoisotopic (exact) mass is 355 g/mol. The van der Waals surface area contributed by atoms with E-state index in [4.69, 9.17) is 9.47 Å². The molecule has 0 saturated carbocycles. The van der Waals surface area contributed by atoms with Gasteiger partial charge in [0.15, 0.2) is 6.10 Å². The standard InChI is InChI=1S/C21H25NO4/c1-13-10-14(2)19(15(3)11-13)22-20(23)16(4)26-21(24)18-8-6-17(7-9-18)12-25-5/h6-11,16H,12H2,1-5H3,(H,22,23)/t16-/m1/s1. The van der Waals surface area contributed by atoms with Gasteiger partial charge in [-0.15, -0.1) is 0 Å². The van der Waals surface area contributed by atoms with Gasteiger partial charge in [0.1, 0.15) is 0 Å². The Morgan fingerprint density at radius 1 is 1.04 bits per heavy atom. The molecule has 0 spiro atoms. The smallest absolute Gasteiger partial charge is 0.338 e. The van der Waals surface area contributed by atoms with Crippen molar-refractivity contribution in [3.8, 4) is 0 Å². The molecule has 1 N–H and O–H groups in total. The van der Waals surface area contributed by atoms with Crippen molar-refractivity contribution in [2.24, 2.45) is 0 Å². The van der Waals surface area contributed by atoms with Crippen LogP contribution >= 0.6 is 0 Å². The number of anilines is 1. The minimum atomic E-state index is -0.902. The summed E-state index contributed by atoms with van der Waals surface area (Å²) in [6, 6.07) is 10.9. The van der Waals surface area contributed by atoms with Gasteiger partial charge >= 0.3 is 5.97 Å². The number of aryl methyl sites for hydroxylation is 3. The molecule has 5 heteroatoms. The van der Waals surface area contributed by atoms with Gasteiger partial charge in [-0.05, 0) is 56.5 Å². The zero-order valence-electron chi connectivity index (χ0n) is 15.9. The molecule has 26 heavy (non-hydrogen) atoms. The predicted octanol–water partition coefficient (Wildman–Crippen LogP) is 3.94. The fourth-order valence-corrected chi connectivity index (χ4v) is 2.79. The summed E-state index contributed by atoms with van der Waals surface area (Å²) in [5.41, 5.74) is 5.19. The van der Waals surface area contributed by atoms with Gasteiger partial charge in [0.05, 0.1) is 12.2 Å². The third kappa shape index (κ3) is 4.92. The summed E-state index contributed by atoms with van der Waals surface area (Å²) < 4.78 is 10.3. The molecule has 1 amide bonds. The Hall–Kier alpha value is -2.66. The van der Waals surface area contributed by atoms with Gasteiger partial charge in [-0.2, -0.15) is 0 Å². The Morgan fingerprint density at radius 2 is 1.62 bits per heavy atom. The van der Waals surface area contributed by atoms with Crippen LogP contribution in [0.3, 0.4) is 0 Å². The number of carbonyl (C=O) groups is 2. The molecule has 0 unspecified atom stereocenters. The third-order valence-electron chi connectivity index (χ3n) is 4.08. The zero-order chi connectivity index (χ0) is 19.3. The van der Waals surface area contributed by atoms with Gasteiger partial charge in [-0.1, -0.05) is 29.8 Å². The highest BCUT2D eigenvalue weighted by atomic mass is 16.5. The first-order chi connectivity index (χ1) is 12.3. The number of hydrogen-bond donors (Lipinski definition) is 1. The van der Waals surface area contributed by atoms with Crippen LogP contribution in [-0.2, 0) is 20.9 Å². The van der Waals surface area contributed by atoms with Crippen molar-refractivity contribution in [1.29, 1.82) is 0 Å². The molecule has 0 aliphatic heterocycles. The van der Waals surface area contributed by atoms with Gasteiger partial charge in [0, 0.05) is 12.8 Å². The zero-order valence-corrected chi connectivity index (χ0v) is 15.9. The molecule has 2 aromatic rings. The number of nitrogens with one attached hydrogen (secondary N) is 1. The van der Waals surface area contributed by atoms with Crippen molar-refractivity contribution in [2.75, 3.05) is 12.4 Å². The van der Waals surface area contributed by atoms with Crippen molar-refractivity contribution < 1.29 is 19.1 Å². The lowest BCUT2D eigenvalue weighted by Gasteiger charge is -2.17.